The van der Waals surface area contributed by atoms with Gasteiger partial charge in [-0.1, -0.05) is 70.2 Å². The second-order valence-electron chi connectivity index (χ2n) is 7.49. The van der Waals surface area contributed by atoms with Gasteiger partial charge in [-0.15, -0.1) is 10.2 Å². The van der Waals surface area contributed by atoms with Gasteiger partial charge in [0.25, 0.3) is 0 Å². The molecule has 4 rings (SSSR count). The molecular formula is C23H25BrN4OS. The third-order valence-electron chi connectivity index (χ3n) is 5.33. The van der Waals surface area contributed by atoms with Crippen LogP contribution in [0, 0.1) is 0 Å². The fourth-order valence-corrected chi connectivity index (χ4v) is 4.90. The molecule has 156 valence electrons. The van der Waals surface area contributed by atoms with E-state index < -0.39 is 0 Å². The van der Waals surface area contributed by atoms with E-state index in [0.29, 0.717) is 0 Å². The van der Waals surface area contributed by atoms with Crippen LogP contribution in [0.4, 0.5) is 0 Å². The van der Waals surface area contributed by atoms with E-state index in [1.54, 1.807) is 0 Å². The summed E-state index contributed by atoms with van der Waals surface area (Å²) >= 11 is 5.00. The molecule has 1 aliphatic rings. The molecule has 5 nitrogen and oxygen atoms in total. The molecule has 3 aromatic rings. The van der Waals surface area contributed by atoms with Crippen molar-refractivity contribution >= 4 is 33.6 Å². The minimum atomic E-state index is -0.180. The van der Waals surface area contributed by atoms with E-state index in [9.17, 15) is 4.79 Å². The average Bonchev–Trinajstić information content (AvgIpc) is 3.43. The van der Waals surface area contributed by atoms with Crippen LogP contribution in [0.5, 0.6) is 0 Å². The molecule has 1 unspecified atom stereocenters. The van der Waals surface area contributed by atoms with E-state index in [2.05, 4.69) is 55.0 Å². The molecule has 30 heavy (non-hydrogen) atoms. The molecule has 2 heterocycles. The lowest BCUT2D eigenvalue weighted by Crippen LogP contribution is -2.34. The van der Waals surface area contributed by atoms with Crippen molar-refractivity contribution in [3.63, 3.8) is 0 Å². The summed E-state index contributed by atoms with van der Waals surface area (Å²) in [5.41, 5.74) is 2.29. The number of hydrogen-bond acceptors (Lipinski definition) is 4. The molecule has 0 N–H and O–H groups in total. The van der Waals surface area contributed by atoms with Crippen LogP contribution in [0.2, 0.25) is 0 Å². The zero-order valence-corrected chi connectivity index (χ0v) is 19.4. The summed E-state index contributed by atoms with van der Waals surface area (Å²) in [6.07, 6.45) is 3.08. The lowest BCUT2D eigenvalue weighted by Gasteiger charge is -2.20. The Bertz CT molecular complexity index is 984. The molecule has 2 aromatic carbocycles. The highest BCUT2D eigenvalue weighted by Gasteiger charge is 2.26. The van der Waals surface area contributed by atoms with Gasteiger partial charge in [-0.2, -0.15) is 0 Å². The topological polar surface area (TPSA) is 51.0 Å². The molecule has 1 fully saturated rings. The predicted molar refractivity (Wildman–Crippen MR) is 124 cm³/mol. The summed E-state index contributed by atoms with van der Waals surface area (Å²) in [4.78, 5) is 14.8. The molecule has 0 spiro atoms. The van der Waals surface area contributed by atoms with Crippen LogP contribution in [0.3, 0.4) is 0 Å². The quantitative estimate of drug-likeness (QED) is 0.440. The minimum absolute atomic E-state index is 0.180. The Morgan fingerprint density at radius 2 is 1.77 bits per heavy atom. The Hall–Kier alpha value is -2.12. The molecule has 1 aliphatic heterocycles. The Morgan fingerprint density at radius 3 is 2.47 bits per heavy atom. The molecule has 0 radical (unpaired) electrons. The lowest BCUT2D eigenvalue weighted by molar-refractivity contribution is -0.129. The molecule has 0 bridgehead atoms. The highest BCUT2D eigenvalue weighted by molar-refractivity contribution is 9.10. The zero-order valence-electron chi connectivity index (χ0n) is 17.0. The largest absolute Gasteiger partial charge is 0.342 e. The zero-order chi connectivity index (χ0) is 20.9. The SMILES string of the molecule is CC(Sc1nnc(-c2ccc(Br)cc2)n1CCc1ccccc1)C(=O)N1CCCC1. The first-order chi connectivity index (χ1) is 14.6. The maximum atomic E-state index is 12.8. The van der Waals surface area contributed by atoms with E-state index in [0.717, 1.165) is 59.9 Å². The summed E-state index contributed by atoms with van der Waals surface area (Å²) in [6, 6.07) is 18.5. The second-order valence-corrected chi connectivity index (χ2v) is 9.72. The van der Waals surface area contributed by atoms with E-state index in [1.807, 2.05) is 42.2 Å². The average molecular weight is 485 g/mol. The highest BCUT2D eigenvalue weighted by atomic mass is 79.9. The van der Waals surface area contributed by atoms with Crippen molar-refractivity contribution < 1.29 is 4.79 Å². The molecule has 1 atom stereocenters. The summed E-state index contributed by atoms with van der Waals surface area (Å²) in [5.74, 6) is 1.03. The number of hydrogen-bond donors (Lipinski definition) is 0. The molecular weight excluding hydrogens is 460 g/mol. The second kappa shape index (κ2) is 9.79. The van der Waals surface area contributed by atoms with E-state index in [4.69, 9.17) is 0 Å². The Morgan fingerprint density at radius 1 is 1.07 bits per heavy atom. The fourth-order valence-electron chi connectivity index (χ4n) is 3.68. The van der Waals surface area contributed by atoms with Crippen molar-refractivity contribution in [2.45, 2.75) is 43.1 Å². The number of halogens is 1. The smallest absolute Gasteiger partial charge is 0.235 e. The first-order valence-corrected chi connectivity index (χ1v) is 12.0. The molecule has 0 saturated carbocycles. The monoisotopic (exact) mass is 484 g/mol. The van der Waals surface area contributed by atoms with Crippen molar-refractivity contribution in [3.8, 4) is 11.4 Å². The van der Waals surface area contributed by atoms with Gasteiger partial charge in [-0.3, -0.25) is 4.79 Å². The van der Waals surface area contributed by atoms with Crippen LogP contribution < -0.4 is 0 Å². The van der Waals surface area contributed by atoms with E-state index in [1.165, 1.54) is 17.3 Å². The summed E-state index contributed by atoms with van der Waals surface area (Å²) in [7, 11) is 0. The maximum Gasteiger partial charge on any atom is 0.235 e. The number of rotatable bonds is 7. The van der Waals surface area contributed by atoms with Crippen molar-refractivity contribution in [2.75, 3.05) is 13.1 Å². The molecule has 0 aliphatic carbocycles. The van der Waals surface area contributed by atoms with Crippen LogP contribution >= 0.6 is 27.7 Å². The van der Waals surface area contributed by atoms with Crippen LogP contribution in [-0.2, 0) is 17.8 Å². The first kappa shape index (κ1) is 21.1. The lowest BCUT2D eigenvalue weighted by atomic mass is 10.1. The van der Waals surface area contributed by atoms with Gasteiger partial charge in [-0.25, -0.2) is 0 Å². The number of aryl methyl sites for hydroxylation is 1. The molecule has 7 heteroatoms. The van der Waals surface area contributed by atoms with Gasteiger partial charge in [0.15, 0.2) is 11.0 Å². The van der Waals surface area contributed by atoms with Gasteiger partial charge in [-0.05, 0) is 43.9 Å². The number of likely N-dealkylation sites (tertiary alicyclic amines) is 1. The van der Waals surface area contributed by atoms with Gasteiger partial charge < -0.3 is 9.47 Å². The maximum absolute atomic E-state index is 12.8. The first-order valence-electron chi connectivity index (χ1n) is 10.3. The summed E-state index contributed by atoms with van der Waals surface area (Å²) in [6.45, 7) is 4.47. The van der Waals surface area contributed by atoms with Crippen LogP contribution in [-0.4, -0.2) is 43.9 Å². The van der Waals surface area contributed by atoms with Crippen LogP contribution in [0.25, 0.3) is 11.4 Å². The van der Waals surface area contributed by atoms with Gasteiger partial charge in [0.2, 0.25) is 5.91 Å². The minimum Gasteiger partial charge on any atom is -0.342 e. The van der Waals surface area contributed by atoms with Gasteiger partial charge >= 0.3 is 0 Å². The van der Waals surface area contributed by atoms with Crippen molar-refractivity contribution in [3.05, 3.63) is 64.6 Å². The number of benzene rings is 2. The fraction of sp³-hybridized carbons (Fsp3) is 0.348. The predicted octanol–water partition coefficient (Wildman–Crippen LogP) is 5.05. The van der Waals surface area contributed by atoms with E-state index in [-0.39, 0.29) is 11.2 Å². The molecule has 1 saturated heterocycles. The number of aromatic nitrogens is 3. The van der Waals surface area contributed by atoms with Gasteiger partial charge in [0.1, 0.15) is 0 Å². The Labute approximate surface area is 190 Å². The van der Waals surface area contributed by atoms with Crippen molar-refractivity contribution in [1.29, 1.82) is 0 Å². The van der Waals surface area contributed by atoms with Gasteiger partial charge in [0.05, 0.1) is 5.25 Å². The summed E-state index contributed by atoms with van der Waals surface area (Å²) < 4.78 is 3.18. The third-order valence-corrected chi connectivity index (χ3v) is 6.93. The summed E-state index contributed by atoms with van der Waals surface area (Å²) in [5, 5.41) is 9.58. The van der Waals surface area contributed by atoms with Crippen LogP contribution in [0.15, 0.2) is 64.2 Å². The van der Waals surface area contributed by atoms with Gasteiger partial charge in [0, 0.05) is 29.7 Å². The number of thioether (sulfide) groups is 1. The molecule has 1 aromatic heterocycles. The Balaban J connectivity index is 1.58. The highest BCUT2D eigenvalue weighted by Crippen LogP contribution is 2.29. The number of nitrogens with zero attached hydrogens (tertiary/aromatic N) is 4. The number of amides is 1. The number of carbonyl (C=O) groups excluding carboxylic acids is 1. The van der Waals surface area contributed by atoms with Crippen molar-refractivity contribution in [2.24, 2.45) is 0 Å². The Kier molecular flexibility index (Phi) is 6.89. The normalized spacial score (nSPS) is 14.8. The number of carbonyl (C=O) groups is 1. The van der Waals surface area contributed by atoms with Crippen LogP contribution in [0.1, 0.15) is 25.3 Å². The van der Waals surface area contributed by atoms with Crippen molar-refractivity contribution in [1.82, 2.24) is 19.7 Å². The van der Waals surface area contributed by atoms with E-state index >= 15 is 0 Å². The standard InChI is InChI=1S/C23H25BrN4OS/c1-17(22(29)27-14-5-6-15-27)30-23-26-25-21(19-9-11-20(24)12-10-19)28(23)16-13-18-7-3-2-4-8-18/h2-4,7-12,17H,5-6,13-16H2,1H3. The molecule has 1 amide bonds. The third kappa shape index (κ3) is 4.95.